The second-order valence-corrected chi connectivity index (χ2v) is 4.65. The monoisotopic (exact) mass is 248 g/mol. The van der Waals surface area contributed by atoms with Crippen molar-refractivity contribution in [2.45, 2.75) is 38.3 Å². The van der Waals surface area contributed by atoms with Crippen LogP contribution in [0, 0.1) is 0 Å². The number of carbonyl (C=O) groups excluding carboxylic acids is 1. The molecule has 1 atom stereocenters. The van der Waals surface area contributed by atoms with Crippen molar-refractivity contribution < 1.29 is 9.53 Å². The van der Waals surface area contributed by atoms with Gasteiger partial charge in [-0.15, -0.1) is 0 Å². The van der Waals surface area contributed by atoms with Crippen LogP contribution in [0.5, 0.6) is 5.75 Å². The fourth-order valence-electron chi connectivity index (χ4n) is 1.81. The molecule has 1 aliphatic carbocycles. The molecular formula is C14H20N2O2. The lowest BCUT2D eigenvalue weighted by molar-refractivity contribution is -0.121. The quantitative estimate of drug-likeness (QED) is 0.806. The summed E-state index contributed by atoms with van der Waals surface area (Å²) in [6.07, 6.45) is 2.54. The van der Waals surface area contributed by atoms with Gasteiger partial charge in [-0.2, -0.15) is 0 Å². The summed E-state index contributed by atoms with van der Waals surface area (Å²) in [5, 5.41) is 2.94. The maximum absolute atomic E-state index is 11.6. The van der Waals surface area contributed by atoms with Crippen LogP contribution < -0.4 is 15.8 Å². The Balaban J connectivity index is 1.86. The number of nitrogens with one attached hydrogen (secondary N) is 1. The van der Waals surface area contributed by atoms with E-state index in [4.69, 9.17) is 10.5 Å². The summed E-state index contributed by atoms with van der Waals surface area (Å²) in [7, 11) is 0. The van der Waals surface area contributed by atoms with Gasteiger partial charge in [0.05, 0.1) is 6.61 Å². The molecule has 2 rings (SSSR count). The summed E-state index contributed by atoms with van der Waals surface area (Å²) in [6, 6.07) is 7.75. The van der Waals surface area contributed by atoms with Crippen molar-refractivity contribution in [3.8, 4) is 5.75 Å². The molecule has 0 radical (unpaired) electrons. The normalized spacial score (nSPS) is 16.1. The molecule has 3 N–H and O–H groups in total. The van der Waals surface area contributed by atoms with Gasteiger partial charge in [-0.25, -0.2) is 0 Å². The molecular weight excluding hydrogens is 228 g/mol. The van der Waals surface area contributed by atoms with Gasteiger partial charge in [0.25, 0.3) is 0 Å². The van der Waals surface area contributed by atoms with Gasteiger partial charge < -0.3 is 15.8 Å². The molecule has 4 nitrogen and oxygen atoms in total. The lowest BCUT2D eigenvalue weighted by atomic mass is 10.0. The van der Waals surface area contributed by atoms with Crippen LogP contribution in [0.3, 0.4) is 0 Å². The van der Waals surface area contributed by atoms with Gasteiger partial charge in [0.15, 0.2) is 0 Å². The van der Waals surface area contributed by atoms with Crippen LogP contribution in [-0.2, 0) is 4.79 Å². The van der Waals surface area contributed by atoms with Crippen LogP contribution in [0.1, 0.15) is 37.8 Å². The van der Waals surface area contributed by atoms with Gasteiger partial charge in [0, 0.05) is 18.5 Å². The Kier molecular flexibility index (Phi) is 4.20. The van der Waals surface area contributed by atoms with E-state index in [9.17, 15) is 4.79 Å². The zero-order valence-corrected chi connectivity index (χ0v) is 10.7. The zero-order valence-electron chi connectivity index (χ0n) is 10.7. The molecule has 1 saturated carbocycles. The van der Waals surface area contributed by atoms with E-state index in [-0.39, 0.29) is 11.9 Å². The largest absolute Gasteiger partial charge is 0.494 e. The maximum Gasteiger partial charge on any atom is 0.222 e. The molecule has 0 heterocycles. The Labute approximate surface area is 108 Å². The van der Waals surface area contributed by atoms with E-state index in [0.29, 0.717) is 19.1 Å². The minimum atomic E-state index is -0.251. The third-order valence-electron chi connectivity index (χ3n) is 2.97. The molecule has 1 aliphatic rings. The van der Waals surface area contributed by atoms with Crippen molar-refractivity contribution in [1.82, 2.24) is 5.32 Å². The van der Waals surface area contributed by atoms with Gasteiger partial charge >= 0.3 is 0 Å². The number of carbonyl (C=O) groups is 1. The molecule has 98 valence electrons. The molecule has 0 bridgehead atoms. The molecule has 0 aromatic heterocycles. The Morgan fingerprint density at radius 3 is 2.67 bits per heavy atom. The van der Waals surface area contributed by atoms with Crippen LogP contribution in [0.25, 0.3) is 0 Å². The van der Waals surface area contributed by atoms with Crippen LogP contribution in [0.2, 0.25) is 0 Å². The lowest BCUT2D eigenvalue weighted by Gasteiger charge is -2.12. The Hall–Kier alpha value is -1.55. The van der Waals surface area contributed by atoms with E-state index in [1.54, 1.807) is 0 Å². The standard InChI is InChI=1S/C14H20N2O2/c1-2-18-12-7-3-10(4-8-12)13(15)9-14(17)16-11-5-6-11/h3-4,7-8,11,13H,2,5-6,9,15H2,1H3,(H,16,17). The SMILES string of the molecule is CCOc1ccc(C(N)CC(=O)NC2CC2)cc1. The highest BCUT2D eigenvalue weighted by molar-refractivity contribution is 5.77. The first-order chi connectivity index (χ1) is 8.69. The average Bonchev–Trinajstić information content (AvgIpc) is 3.14. The van der Waals surface area contributed by atoms with Crippen molar-refractivity contribution in [3.05, 3.63) is 29.8 Å². The average molecular weight is 248 g/mol. The van der Waals surface area contributed by atoms with Gasteiger partial charge in [-0.1, -0.05) is 12.1 Å². The van der Waals surface area contributed by atoms with E-state index >= 15 is 0 Å². The van der Waals surface area contributed by atoms with E-state index in [1.165, 1.54) is 0 Å². The summed E-state index contributed by atoms with van der Waals surface area (Å²) in [5.74, 6) is 0.870. The predicted molar refractivity (Wildman–Crippen MR) is 70.3 cm³/mol. The van der Waals surface area contributed by atoms with Crippen molar-refractivity contribution in [3.63, 3.8) is 0 Å². The summed E-state index contributed by atoms with van der Waals surface area (Å²) < 4.78 is 5.36. The Bertz CT molecular complexity index is 399. The van der Waals surface area contributed by atoms with E-state index < -0.39 is 0 Å². The maximum atomic E-state index is 11.6. The number of ether oxygens (including phenoxy) is 1. The fraction of sp³-hybridized carbons (Fsp3) is 0.500. The smallest absolute Gasteiger partial charge is 0.222 e. The van der Waals surface area contributed by atoms with Gasteiger partial charge in [0.2, 0.25) is 5.91 Å². The number of rotatable bonds is 6. The number of hydrogen-bond donors (Lipinski definition) is 2. The topological polar surface area (TPSA) is 64.3 Å². The van der Waals surface area contributed by atoms with Crippen molar-refractivity contribution in [2.75, 3.05) is 6.61 Å². The van der Waals surface area contributed by atoms with Gasteiger partial charge in [-0.05, 0) is 37.5 Å². The summed E-state index contributed by atoms with van der Waals surface area (Å²) >= 11 is 0. The first-order valence-electron chi connectivity index (χ1n) is 6.46. The van der Waals surface area contributed by atoms with Gasteiger partial charge in [0.1, 0.15) is 5.75 Å². The number of amides is 1. The molecule has 18 heavy (non-hydrogen) atoms. The van der Waals surface area contributed by atoms with E-state index in [1.807, 2.05) is 31.2 Å². The highest BCUT2D eigenvalue weighted by Crippen LogP contribution is 2.21. The number of benzene rings is 1. The highest BCUT2D eigenvalue weighted by atomic mass is 16.5. The predicted octanol–water partition coefficient (Wildman–Crippen LogP) is 1.75. The molecule has 1 fully saturated rings. The highest BCUT2D eigenvalue weighted by Gasteiger charge is 2.24. The lowest BCUT2D eigenvalue weighted by Crippen LogP contribution is -2.29. The van der Waals surface area contributed by atoms with Crippen LogP contribution in [0.15, 0.2) is 24.3 Å². The van der Waals surface area contributed by atoms with Crippen LogP contribution >= 0.6 is 0 Å². The number of hydrogen-bond acceptors (Lipinski definition) is 3. The van der Waals surface area contributed by atoms with E-state index in [2.05, 4.69) is 5.32 Å². The molecule has 1 aromatic rings. The summed E-state index contributed by atoms with van der Waals surface area (Å²) in [6.45, 7) is 2.59. The Morgan fingerprint density at radius 1 is 1.44 bits per heavy atom. The van der Waals surface area contributed by atoms with Crippen molar-refractivity contribution in [1.29, 1.82) is 0 Å². The zero-order chi connectivity index (χ0) is 13.0. The third kappa shape index (κ3) is 3.74. The minimum absolute atomic E-state index is 0.0406. The summed E-state index contributed by atoms with van der Waals surface area (Å²) in [5.41, 5.74) is 6.98. The molecule has 4 heteroatoms. The second kappa shape index (κ2) is 5.87. The van der Waals surface area contributed by atoms with Crippen LogP contribution in [-0.4, -0.2) is 18.6 Å². The minimum Gasteiger partial charge on any atom is -0.494 e. The van der Waals surface area contributed by atoms with Gasteiger partial charge in [-0.3, -0.25) is 4.79 Å². The number of nitrogens with two attached hydrogens (primary N) is 1. The molecule has 0 spiro atoms. The van der Waals surface area contributed by atoms with Crippen LogP contribution in [0.4, 0.5) is 0 Å². The van der Waals surface area contributed by atoms with Crippen molar-refractivity contribution in [2.24, 2.45) is 5.73 Å². The van der Waals surface area contributed by atoms with E-state index in [0.717, 1.165) is 24.2 Å². The second-order valence-electron chi connectivity index (χ2n) is 4.65. The third-order valence-corrected chi connectivity index (χ3v) is 2.97. The molecule has 0 aliphatic heterocycles. The van der Waals surface area contributed by atoms with Crippen molar-refractivity contribution >= 4 is 5.91 Å². The molecule has 1 aromatic carbocycles. The molecule has 1 unspecified atom stereocenters. The fourth-order valence-corrected chi connectivity index (χ4v) is 1.81. The molecule has 0 saturated heterocycles. The first-order valence-corrected chi connectivity index (χ1v) is 6.46. The molecule has 1 amide bonds. The summed E-state index contributed by atoms with van der Waals surface area (Å²) in [4.78, 5) is 11.6. The first kappa shape index (κ1) is 12.9. The Morgan fingerprint density at radius 2 is 2.11 bits per heavy atom.